The van der Waals surface area contributed by atoms with Gasteiger partial charge in [0.1, 0.15) is 17.6 Å². The van der Waals surface area contributed by atoms with Gasteiger partial charge in [0.2, 0.25) is 0 Å². The number of aromatic nitrogens is 1. The van der Waals surface area contributed by atoms with E-state index in [9.17, 15) is 9.59 Å². The van der Waals surface area contributed by atoms with E-state index in [-0.39, 0.29) is 11.7 Å². The molecule has 1 amide bonds. The van der Waals surface area contributed by atoms with Crippen LogP contribution in [0.5, 0.6) is 0 Å². The first-order chi connectivity index (χ1) is 14.6. The predicted octanol–water partition coefficient (Wildman–Crippen LogP) is 2.91. The van der Waals surface area contributed by atoms with Gasteiger partial charge in [-0.1, -0.05) is 18.2 Å². The van der Waals surface area contributed by atoms with E-state index in [1.807, 2.05) is 42.5 Å². The molecular formula is C23H27N5O2. The van der Waals surface area contributed by atoms with Crippen molar-refractivity contribution in [3.63, 3.8) is 0 Å². The molecule has 0 bridgehead atoms. The molecule has 2 aliphatic heterocycles. The van der Waals surface area contributed by atoms with E-state index in [2.05, 4.69) is 20.3 Å². The summed E-state index contributed by atoms with van der Waals surface area (Å²) in [5.74, 6) is 0.716. The number of carbonyl (C=O) groups excluding carboxylic acids is 2. The topological polar surface area (TPSA) is 77.9 Å². The van der Waals surface area contributed by atoms with Crippen LogP contribution in [0.3, 0.4) is 0 Å². The molecule has 1 atom stereocenters. The molecule has 7 nitrogen and oxygen atoms in total. The van der Waals surface area contributed by atoms with Gasteiger partial charge in [-0.15, -0.1) is 0 Å². The minimum absolute atomic E-state index is 0.00860. The fourth-order valence-electron chi connectivity index (χ4n) is 3.93. The molecule has 1 aromatic carbocycles. The SMILES string of the molecule is CC(=O)C1CC(C(=O)NCc2ccnc(N3CCCCC3)c2)=NN1c1ccccc1. The molecule has 0 aliphatic carbocycles. The maximum absolute atomic E-state index is 12.7. The highest BCUT2D eigenvalue weighted by Crippen LogP contribution is 2.25. The van der Waals surface area contributed by atoms with Crippen LogP contribution in [0, 0.1) is 0 Å². The number of pyridine rings is 1. The fraction of sp³-hybridized carbons (Fsp3) is 0.391. The molecule has 0 saturated carbocycles. The standard InChI is InChI=1S/C23H27N5O2/c1-17(29)21-15-20(26-28(21)19-8-4-2-5-9-19)23(30)25-16-18-10-11-24-22(14-18)27-12-6-3-7-13-27/h2,4-5,8-11,14,21H,3,6-7,12-13,15-16H2,1H3,(H,25,30). The molecule has 4 rings (SSSR count). The molecule has 156 valence electrons. The van der Waals surface area contributed by atoms with Crippen molar-refractivity contribution >= 4 is 28.9 Å². The molecule has 2 aliphatic rings. The number of hydrogen-bond donors (Lipinski definition) is 1. The lowest BCUT2D eigenvalue weighted by Gasteiger charge is -2.27. The normalized spacial score (nSPS) is 18.8. The minimum atomic E-state index is -0.445. The highest BCUT2D eigenvalue weighted by atomic mass is 16.2. The average Bonchev–Trinajstić information content (AvgIpc) is 3.25. The zero-order valence-corrected chi connectivity index (χ0v) is 17.3. The Balaban J connectivity index is 1.42. The Kier molecular flexibility index (Phi) is 6.07. The summed E-state index contributed by atoms with van der Waals surface area (Å²) in [5, 5.41) is 9.06. The van der Waals surface area contributed by atoms with E-state index in [1.54, 1.807) is 11.2 Å². The van der Waals surface area contributed by atoms with E-state index in [0.29, 0.717) is 18.7 Å². The number of piperidine rings is 1. The van der Waals surface area contributed by atoms with Gasteiger partial charge >= 0.3 is 0 Å². The number of carbonyl (C=O) groups is 2. The van der Waals surface area contributed by atoms with Crippen LogP contribution in [-0.2, 0) is 16.1 Å². The summed E-state index contributed by atoms with van der Waals surface area (Å²) in [4.78, 5) is 31.6. The van der Waals surface area contributed by atoms with Crippen LogP contribution in [0.2, 0.25) is 0 Å². The van der Waals surface area contributed by atoms with Crippen molar-refractivity contribution < 1.29 is 9.59 Å². The molecule has 1 aromatic heterocycles. The van der Waals surface area contributed by atoms with Crippen molar-refractivity contribution in [3.8, 4) is 0 Å². The molecule has 1 unspecified atom stereocenters. The Morgan fingerprint density at radius 1 is 1.10 bits per heavy atom. The Labute approximate surface area is 176 Å². The first kappa shape index (κ1) is 20.1. The van der Waals surface area contributed by atoms with Gasteiger partial charge < -0.3 is 10.2 Å². The number of para-hydroxylation sites is 1. The molecule has 1 saturated heterocycles. The van der Waals surface area contributed by atoms with E-state index in [1.165, 1.54) is 26.2 Å². The minimum Gasteiger partial charge on any atom is -0.357 e. The summed E-state index contributed by atoms with van der Waals surface area (Å²) >= 11 is 0. The average molecular weight is 406 g/mol. The van der Waals surface area contributed by atoms with Crippen molar-refractivity contribution in [3.05, 3.63) is 54.2 Å². The number of Topliss-reactive ketones (excluding diaryl/α,β-unsaturated/α-hetero) is 1. The molecule has 2 aromatic rings. The van der Waals surface area contributed by atoms with Crippen LogP contribution in [0.25, 0.3) is 0 Å². The molecule has 1 N–H and O–H groups in total. The van der Waals surface area contributed by atoms with Gasteiger partial charge in [-0.05, 0) is 56.0 Å². The molecule has 30 heavy (non-hydrogen) atoms. The van der Waals surface area contributed by atoms with Crippen LogP contribution < -0.4 is 15.2 Å². The molecule has 3 heterocycles. The maximum Gasteiger partial charge on any atom is 0.267 e. The first-order valence-corrected chi connectivity index (χ1v) is 10.5. The van der Waals surface area contributed by atoms with Gasteiger partial charge in [0.15, 0.2) is 5.78 Å². The largest absolute Gasteiger partial charge is 0.357 e. The Morgan fingerprint density at radius 2 is 1.87 bits per heavy atom. The highest BCUT2D eigenvalue weighted by Gasteiger charge is 2.34. The number of rotatable bonds is 6. The number of nitrogens with one attached hydrogen (secondary N) is 1. The quantitative estimate of drug-likeness (QED) is 0.800. The summed E-state index contributed by atoms with van der Waals surface area (Å²) < 4.78 is 0. The number of nitrogens with zero attached hydrogens (tertiary/aromatic N) is 4. The molecule has 1 fully saturated rings. The van der Waals surface area contributed by atoms with Crippen LogP contribution in [0.15, 0.2) is 53.8 Å². The summed E-state index contributed by atoms with van der Waals surface area (Å²) in [6.45, 7) is 4.00. The number of amides is 1. The van der Waals surface area contributed by atoms with E-state index in [4.69, 9.17) is 0 Å². The van der Waals surface area contributed by atoms with Gasteiger partial charge in [0, 0.05) is 32.3 Å². The Bertz CT molecular complexity index is 938. The van der Waals surface area contributed by atoms with Crippen molar-refractivity contribution in [2.45, 2.75) is 45.2 Å². The molecule has 0 radical (unpaired) electrons. The second-order valence-electron chi connectivity index (χ2n) is 7.81. The lowest BCUT2D eigenvalue weighted by molar-refractivity contribution is -0.118. The number of ketones is 1. The lowest BCUT2D eigenvalue weighted by atomic mass is 10.1. The van der Waals surface area contributed by atoms with Crippen LogP contribution >= 0.6 is 0 Å². The monoisotopic (exact) mass is 405 g/mol. The second kappa shape index (κ2) is 9.07. The van der Waals surface area contributed by atoms with Crippen LogP contribution in [0.1, 0.15) is 38.2 Å². The van der Waals surface area contributed by atoms with Gasteiger partial charge in [-0.25, -0.2) is 4.98 Å². The first-order valence-electron chi connectivity index (χ1n) is 10.5. The zero-order valence-electron chi connectivity index (χ0n) is 17.3. The lowest BCUT2D eigenvalue weighted by Crippen LogP contribution is -2.34. The van der Waals surface area contributed by atoms with Crippen LogP contribution in [0.4, 0.5) is 11.5 Å². The smallest absolute Gasteiger partial charge is 0.267 e. The Hall–Kier alpha value is -3.22. The molecule has 7 heteroatoms. The van der Waals surface area contributed by atoms with Gasteiger partial charge in [-0.3, -0.25) is 14.6 Å². The highest BCUT2D eigenvalue weighted by molar-refractivity contribution is 6.40. The molecular weight excluding hydrogens is 378 g/mol. The second-order valence-corrected chi connectivity index (χ2v) is 7.81. The summed E-state index contributed by atoms with van der Waals surface area (Å²) in [6, 6.07) is 13.0. The zero-order chi connectivity index (χ0) is 20.9. The maximum atomic E-state index is 12.7. The van der Waals surface area contributed by atoms with Gasteiger partial charge in [0.25, 0.3) is 5.91 Å². The van der Waals surface area contributed by atoms with E-state index < -0.39 is 6.04 Å². The summed E-state index contributed by atoms with van der Waals surface area (Å²) in [7, 11) is 0. The van der Waals surface area contributed by atoms with Crippen molar-refractivity contribution in [1.29, 1.82) is 0 Å². The number of hydrogen-bond acceptors (Lipinski definition) is 6. The fourth-order valence-corrected chi connectivity index (χ4v) is 3.93. The van der Waals surface area contributed by atoms with Crippen LogP contribution in [-0.4, -0.2) is 41.5 Å². The van der Waals surface area contributed by atoms with Gasteiger partial charge in [-0.2, -0.15) is 5.10 Å². The third-order valence-corrected chi connectivity index (χ3v) is 5.61. The number of benzene rings is 1. The summed E-state index contributed by atoms with van der Waals surface area (Å²) in [5.41, 5.74) is 2.19. The van der Waals surface area contributed by atoms with Crippen molar-refractivity contribution in [2.75, 3.05) is 23.0 Å². The summed E-state index contributed by atoms with van der Waals surface area (Å²) in [6.07, 6.45) is 5.76. The van der Waals surface area contributed by atoms with E-state index >= 15 is 0 Å². The number of hydrazone groups is 1. The van der Waals surface area contributed by atoms with Crippen molar-refractivity contribution in [2.24, 2.45) is 5.10 Å². The third kappa shape index (κ3) is 4.50. The predicted molar refractivity (Wildman–Crippen MR) is 118 cm³/mol. The van der Waals surface area contributed by atoms with Crippen molar-refractivity contribution in [1.82, 2.24) is 10.3 Å². The van der Waals surface area contributed by atoms with E-state index in [0.717, 1.165) is 30.2 Å². The van der Waals surface area contributed by atoms with Gasteiger partial charge in [0.05, 0.1) is 5.69 Å². The molecule has 0 spiro atoms. The number of anilines is 2. The third-order valence-electron chi connectivity index (χ3n) is 5.61. The Morgan fingerprint density at radius 3 is 2.60 bits per heavy atom.